The zero-order valence-corrected chi connectivity index (χ0v) is 13.4. The van der Waals surface area contributed by atoms with Crippen LogP contribution in [0, 0.1) is 5.92 Å². The second kappa shape index (κ2) is 7.64. The molecule has 2 atom stereocenters. The number of likely N-dealkylation sites (tertiary alicyclic amines) is 1. The van der Waals surface area contributed by atoms with Crippen LogP contribution in [0.2, 0.25) is 0 Å². The molecule has 126 valence electrons. The molecule has 2 fully saturated rings. The normalized spacial score (nSPS) is 24.0. The highest BCUT2D eigenvalue weighted by atomic mass is 16.3. The van der Waals surface area contributed by atoms with E-state index in [2.05, 4.69) is 15.5 Å². The minimum absolute atomic E-state index is 0.0264. The highest BCUT2D eigenvalue weighted by Gasteiger charge is 2.28. The van der Waals surface area contributed by atoms with E-state index in [-0.39, 0.29) is 23.8 Å². The fraction of sp³-hybridized carbons (Fsp3) is 0.647. The fourth-order valence-corrected chi connectivity index (χ4v) is 3.42. The molecule has 1 aromatic heterocycles. The van der Waals surface area contributed by atoms with Crippen molar-refractivity contribution in [2.24, 2.45) is 5.92 Å². The molecular formula is C17H25N3O3. The molecule has 0 saturated carbocycles. The first-order valence-electron chi connectivity index (χ1n) is 8.56. The van der Waals surface area contributed by atoms with Crippen molar-refractivity contribution in [2.45, 2.75) is 38.1 Å². The first-order valence-corrected chi connectivity index (χ1v) is 8.56. The van der Waals surface area contributed by atoms with Gasteiger partial charge in [0, 0.05) is 19.5 Å². The van der Waals surface area contributed by atoms with Crippen LogP contribution in [0.3, 0.4) is 0 Å². The lowest BCUT2D eigenvalue weighted by atomic mass is 9.98. The van der Waals surface area contributed by atoms with E-state index in [4.69, 9.17) is 4.42 Å². The summed E-state index contributed by atoms with van der Waals surface area (Å²) in [5, 5.41) is 5.82. The monoisotopic (exact) mass is 319 g/mol. The standard InChI is InChI=1S/C17H25N3O3/c21-16-7-6-13(11-18-16)17(22)19-12-14(15-5-4-10-23-15)20-8-2-1-3-9-20/h4-5,10,13-14H,1-3,6-9,11-12H2,(H,18,21)(H,19,22). The Hall–Kier alpha value is -1.82. The van der Waals surface area contributed by atoms with Gasteiger partial charge in [0.25, 0.3) is 0 Å². The predicted octanol–water partition coefficient (Wildman–Crippen LogP) is 1.45. The molecule has 0 aliphatic carbocycles. The number of carbonyl (C=O) groups is 2. The van der Waals surface area contributed by atoms with Crippen LogP contribution in [0.25, 0.3) is 0 Å². The molecule has 2 aliphatic rings. The maximum absolute atomic E-state index is 12.4. The minimum atomic E-state index is -0.119. The van der Waals surface area contributed by atoms with Crippen LogP contribution in [0.4, 0.5) is 0 Å². The number of carbonyl (C=O) groups excluding carboxylic acids is 2. The lowest BCUT2D eigenvalue weighted by Gasteiger charge is -2.34. The van der Waals surface area contributed by atoms with Crippen molar-refractivity contribution in [3.63, 3.8) is 0 Å². The number of rotatable bonds is 5. The van der Waals surface area contributed by atoms with Gasteiger partial charge in [0.05, 0.1) is 18.2 Å². The molecule has 0 spiro atoms. The van der Waals surface area contributed by atoms with Crippen LogP contribution in [-0.4, -0.2) is 42.9 Å². The summed E-state index contributed by atoms with van der Waals surface area (Å²) in [5.41, 5.74) is 0. The maximum atomic E-state index is 12.4. The van der Waals surface area contributed by atoms with Crippen LogP contribution in [0.1, 0.15) is 43.9 Å². The summed E-state index contributed by atoms with van der Waals surface area (Å²) in [6.45, 7) is 3.08. The third-order valence-corrected chi connectivity index (χ3v) is 4.81. The van der Waals surface area contributed by atoms with Crippen molar-refractivity contribution in [3.05, 3.63) is 24.2 Å². The summed E-state index contributed by atoms with van der Waals surface area (Å²) in [5.74, 6) is 0.852. The Morgan fingerprint density at radius 1 is 1.39 bits per heavy atom. The van der Waals surface area contributed by atoms with Gasteiger partial charge in [-0.25, -0.2) is 0 Å². The largest absolute Gasteiger partial charge is 0.468 e. The van der Waals surface area contributed by atoms with Gasteiger partial charge in [-0.1, -0.05) is 6.42 Å². The molecule has 2 aliphatic heterocycles. The SMILES string of the molecule is O=C1CCC(C(=O)NCC(c2ccco2)N2CCCCC2)CN1. The lowest BCUT2D eigenvalue weighted by molar-refractivity contribution is -0.129. The van der Waals surface area contributed by atoms with E-state index in [1.807, 2.05) is 12.1 Å². The lowest BCUT2D eigenvalue weighted by Crippen LogP contribution is -2.46. The molecule has 2 amide bonds. The number of nitrogens with one attached hydrogen (secondary N) is 2. The number of piperidine rings is 2. The van der Waals surface area contributed by atoms with Crippen LogP contribution in [0.15, 0.2) is 22.8 Å². The number of hydrogen-bond acceptors (Lipinski definition) is 4. The second-order valence-electron chi connectivity index (χ2n) is 6.41. The van der Waals surface area contributed by atoms with Crippen LogP contribution >= 0.6 is 0 Å². The van der Waals surface area contributed by atoms with Crippen molar-refractivity contribution < 1.29 is 14.0 Å². The van der Waals surface area contributed by atoms with Gasteiger partial charge in [-0.05, 0) is 44.5 Å². The summed E-state index contributed by atoms with van der Waals surface area (Å²) in [4.78, 5) is 25.9. The average Bonchev–Trinajstić information content (AvgIpc) is 3.11. The Morgan fingerprint density at radius 3 is 2.87 bits per heavy atom. The first-order chi connectivity index (χ1) is 11.2. The summed E-state index contributed by atoms with van der Waals surface area (Å²) in [6, 6.07) is 3.96. The molecule has 0 aromatic carbocycles. The average molecular weight is 319 g/mol. The molecule has 2 saturated heterocycles. The number of amides is 2. The summed E-state index contributed by atoms with van der Waals surface area (Å²) < 4.78 is 5.59. The summed E-state index contributed by atoms with van der Waals surface area (Å²) >= 11 is 0. The second-order valence-corrected chi connectivity index (χ2v) is 6.41. The van der Waals surface area contributed by atoms with Gasteiger partial charge in [-0.2, -0.15) is 0 Å². The number of hydrogen-bond donors (Lipinski definition) is 2. The Labute approximate surface area is 136 Å². The van der Waals surface area contributed by atoms with Crippen molar-refractivity contribution >= 4 is 11.8 Å². The van der Waals surface area contributed by atoms with Gasteiger partial charge in [0.2, 0.25) is 11.8 Å². The fourth-order valence-electron chi connectivity index (χ4n) is 3.42. The van der Waals surface area contributed by atoms with Gasteiger partial charge in [0.1, 0.15) is 5.76 Å². The zero-order valence-electron chi connectivity index (χ0n) is 13.4. The van der Waals surface area contributed by atoms with Gasteiger partial charge in [-0.15, -0.1) is 0 Å². The highest BCUT2D eigenvalue weighted by Crippen LogP contribution is 2.24. The van der Waals surface area contributed by atoms with Crippen molar-refractivity contribution in [1.82, 2.24) is 15.5 Å². The Morgan fingerprint density at radius 2 is 2.22 bits per heavy atom. The quantitative estimate of drug-likeness (QED) is 0.861. The zero-order chi connectivity index (χ0) is 16.1. The van der Waals surface area contributed by atoms with Crippen molar-refractivity contribution in [2.75, 3.05) is 26.2 Å². The third-order valence-electron chi connectivity index (χ3n) is 4.81. The first kappa shape index (κ1) is 16.1. The smallest absolute Gasteiger partial charge is 0.224 e. The molecule has 3 heterocycles. The number of nitrogens with zero attached hydrogens (tertiary/aromatic N) is 1. The van der Waals surface area contributed by atoms with Gasteiger partial charge in [-0.3, -0.25) is 14.5 Å². The minimum Gasteiger partial charge on any atom is -0.468 e. The van der Waals surface area contributed by atoms with Crippen molar-refractivity contribution in [1.29, 1.82) is 0 Å². The van der Waals surface area contributed by atoms with E-state index in [1.165, 1.54) is 19.3 Å². The molecule has 3 rings (SSSR count). The molecule has 23 heavy (non-hydrogen) atoms. The molecule has 6 nitrogen and oxygen atoms in total. The Balaban J connectivity index is 1.57. The van der Waals surface area contributed by atoms with Crippen LogP contribution < -0.4 is 10.6 Å². The molecule has 2 N–H and O–H groups in total. The third kappa shape index (κ3) is 4.13. The van der Waals surface area contributed by atoms with E-state index in [0.29, 0.717) is 25.9 Å². The van der Waals surface area contributed by atoms with E-state index in [0.717, 1.165) is 18.8 Å². The summed E-state index contributed by atoms with van der Waals surface area (Å²) in [7, 11) is 0. The van der Waals surface area contributed by atoms with E-state index >= 15 is 0 Å². The topological polar surface area (TPSA) is 74.6 Å². The highest BCUT2D eigenvalue weighted by molar-refractivity contribution is 5.83. The molecule has 0 bridgehead atoms. The van der Waals surface area contributed by atoms with E-state index < -0.39 is 0 Å². The molecular weight excluding hydrogens is 294 g/mol. The summed E-state index contributed by atoms with van der Waals surface area (Å²) in [6.07, 6.45) is 6.42. The van der Waals surface area contributed by atoms with E-state index in [1.54, 1.807) is 6.26 Å². The van der Waals surface area contributed by atoms with Crippen LogP contribution in [0.5, 0.6) is 0 Å². The maximum Gasteiger partial charge on any atom is 0.224 e. The molecule has 6 heteroatoms. The molecule has 1 aromatic rings. The van der Waals surface area contributed by atoms with Gasteiger partial charge < -0.3 is 15.1 Å². The van der Waals surface area contributed by atoms with E-state index in [9.17, 15) is 9.59 Å². The van der Waals surface area contributed by atoms with Gasteiger partial charge >= 0.3 is 0 Å². The number of furan rings is 1. The molecule has 0 radical (unpaired) electrons. The predicted molar refractivity (Wildman–Crippen MR) is 85.6 cm³/mol. The van der Waals surface area contributed by atoms with Crippen LogP contribution in [-0.2, 0) is 9.59 Å². The van der Waals surface area contributed by atoms with Crippen molar-refractivity contribution in [3.8, 4) is 0 Å². The Bertz CT molecular complexity index is 513. The Kier molecular flexibility index (Phi) is 5.33. The molecule has 2 unspecified atom stereocenters. The van der Waals surface area contributed by atoms with Gasteiger partial charge in [0.15, 0.2) is 0 Å².